The molecule has 2 amide bonds. The molecule has 4 bridgehead atoms. The van der Waals surface area contributed by atoms with Crippen LogP contribution in [-0.4, -0.2) is 59.0 Å². The molecule has 0 atom stereocenters. The smallest absolute Gasteiger partial charge is 0.330 e. The highest BCUT2D eigenvalue weighted by Gasteiger charge is 2.62. The molecule has 4 fully saturated rings. The van der Waals surface area contributed by atoms with Gasteiger partial charge in [0, 0.05) is 12.1 Å². The molecule has 4 saturated carbocycles. The van der Waals surface area contributed by atoms with Crippen LogP contribution in [0, 0.1) is 23.7 Å². The Hall–Kier alpha value is -4.34. The van der Waals surface area contributed by atoms with Gasteiger partial charge < -0.3 is 25.2 Å². The van der Waals surface area contributed by atoms with Gasteiger partial charge in [-0.2, -0.15) is 5.10 Å². The number of carboxylic acids is 1. The second-order valence-corrected chi connectivity index (χ2v) is 14.9. The minimum Gasteiger partial charge on any atom is -0.496 e. The van der Waals surface area contributed by atoms with E-state index in [1.54, 1.807) is 31.0 Å². The van der Waals surface area contributed by atoms with Crippen molar-refractivity contribution in [3.63, 3.8) is 0 Å². The van der Waals surface area contributed by atoms with Crippen LogP contribution in [0.4, 0.5) is 0 Å². The number of nitrogens with one attached hydrogen (secondary N) is 2. The summed E-state index contributed by atoms with van der Waals surface area (Å²) in [5.41, 5.74) is 2.05. The molecule has 0 aliphatic heterocycles. The lowest BCUT2D eigenvalue weighted by molar-refractivity contribution is -0.163. The van der Waals surface area contributed by atoms with Gasteiger partial charge in [0.05, 0.1) is 31.2 Å². The molecule has 3 N–H and O–H groups in total. The van der Waals surface area contributed by atoms with Gasteiger partial charge in [0.15, 0.2) is 5.69 Å². The van der Waals surface area contributed by atoms with E-state index in [4.69, 9.17) is 14.6 Å². The molecular weight excluding hydrogens is 632 g/mol. The van der Waals surface area contributed by atoms with Gasteiger partial charge in [-0.3, -0.25) is 9.59 Å². The standard InChI is InChI=1S/C40H52N4O6/c1-6-7-8-9-10-16-41-37(45)27-14-15-32(30(22-27)24(2)3)44-33(36-34(49-4)12-11-13-35(36)50-5)23-31(43-44)38(46)42-40(39(47)48)28-18-25-17-26(20-28)21-29(40)19-25/h11-15,22-26,28-29H,6-10,16-21H2,1-5H3,(H,41,45)(H,42,46)(H,47,48). The zero-order valence-electron chi connectivity index (χ0n) is 30.1. The Kier molecular flexibility index (Phi) is 10.6. The van der Waals surface area contributed by atoms with E-state index < -0.39 is 17.4 Å². The van der Waals surface area contributed by atoms with Crippen LogP contribution >= 0.6 is 0 Å². The average molecular weight is 685 g/mol. The van der Waals surface area contributed by atoms with E-state index in [9.17, 15) is 19.5 Å². The molecule has 1 aromatic heterocycles. The summed E-state index contributed by atoms with van der Waals surface area (Å²) in [6.45, 7) is 6.91. The normalized spacial score (nSPS) is 23.6. The highest BCUT2D eigenvalue weighted by molar-refractivity contribution is 5.98. The minimum atomic E-state index is -1.31. The molecule has 0 saturated heterocycles. The minimum absolute atomic E-state index is 0.00372. The maximum Gasteiger partial charge on any atom is 0.330 e. The number of rotatable bonds is 15. The third-order valence-electron chi connectivity index (χ3n) is 11.4. The van der Waals surface area contributed by atoms with Gasteiger partial charge in [-0.05, 0) is 110 Å². The third-order valence-corrected chi connectivity index (χ3v) is 11.4. The number of amides is 2. The summed E-state index contributed by atoms with van der Waals surface area (Å²) in [5.74, 6) is 0.337. The molecular formula is C40H52N4O6. The Balaban J connectivity index is 1.39. The Morgan fingerprint density at radius 3 is 2.12 bits per heavy atom. The number of aliphatic carboxylic acids is 1. The second-order valence-electron chi connectivity index (χ2n) is 14.9. The molecule has 10 nitrogen and oxygen atoms in total. The van der Waals surface area contributed by atoms with E-state index in [-0.39, 0.29) is 29.4 Å². The maximum atomic E-state index is 14.3. The summed E-state index contributed by atoms with van der Waals surface area (Å²) >= 11 is 0. The number of nitrogens with zero attached hydrogens (tertiary/aromatic N) is 2. The van der Waals surface area contributed by atoms with Crippen molar-refractivity contribution in [1.82, 2.24) is 20.4 Å². The lowest BCUT2D eigenvalue weighted by Crippen LogP contribution is -2.70. The quantitative estimate of drug-likeness (QED) is 0.142. The fraction of sp³-hybridized carbons (Fsp3) is 0.550. The van der Waals surface area contributed by atoms with Crippen molar-refractivity contribution >= 4 is 17.8 Å². The number of hydrogen-bond donors (Lipinski definition) is 3. The first-order chi connectivity index (χ1) is 24.1. The van der Waals surface area contributed by atoms with E-state index in [0.717, 1.165) is 44.1 Å². The van der Waals surface area contributed by atoms with Gasteiger partial charge in [-0.25, -0.2) is 9.48 Å². The lowest BCUT2D eigenvalue weighted by Gasteiger charge is -2.59. The number of carbonyl (C=O) groups is 3. The summed E-state index contributed by atoms with van der Waals surface area (Å²) in [5, 5.41) is 21.7. The number of aromatic nitrogens is 2. The van der Waals surface area contributed by atoms with Gasteiger partial charge >= 0.3 is 5.97 Å². The van der Waals surface area contributed by atoms with Gasteiger partial charge in [0.2, 0.25) is 0 Å². The van der Waals surface area contributed by atoms with Crippen LogP contribution in [0.3, 0.4) is 0 Å². The van der Waals surface area contributed by atoms with Gasteiger partial charge in [-0.1, -0.05) is 52.5 Å². The number of hydrogen-bond acceptors (Lipinski definition) is 6. The Morgan fingerprint density at radius 1 is 0.900 bits per heavy atom. The Bertz CT molecular complexity index is 1680. The van der Waals surface area contributed by atoms with Gasteiger partial charge in [0.1, 0.15) is 17.0 Å². The number of benzene rings is 2. The zero-order valence-corrected chi connectivity index (χ0v) is 30.1. The monoisotopic (exact) mass is 684 g/mol. The van der Waals surface area contributed by atoms with Crippen LogP contribution in [0.2, 0.25) is 0 Å². The summed E-state index contributed by atoms with van der Waals surface area (Å²) < 4.78 is 13.3. The molecule has 1 heterocycles. The first-order valence-corrected chi connectivity index (χ1v) is 18.4. The Morgan fingerprint density at radius 2 is 1.54 bits per heavy atom. The molecule has 50 heavy (non-hydrogen) atoms. The molecule has 4 aliphatic carbocycles. The van der Waals surface area contributed by atoms with Crippen molar-refractivity contribution in [2.75, 3.05) is 20.8 Å². The van der Waals surface area contributed by atoms with Crippen LogP contribution in [0.5, 0.6) is 11.5 Å². The van der Waals surface area contributed by atoms with Crippen LogP contribution < -0.4 is 20.1 Å². The second kappa shape index (κ2) is 14.9. The summed E-state index contributed by atoms with van der Waals surface area (Å²) in [7, 11) is 3.15. The largest absolute Gasteiger partial charge is 0.496 e. The average Bonchev–Trinajstić information content (AvgIpc) is 3.55. The number of carboxylic acid groups (broad SMARTS) is 1. The molecule has 7 rings (SSSR count). The molecule has 10 heteroatoms. The summed E-state index contributed by atoms with van der Waals surface area (Å²) in [6.07, 6.45) is 10.1. The summed E-state index contributed by atoms with van der Waals surface area (Å²) in [6, 6.07) is 12.7. The molecule has 268 valence electrons. The number of methoxy groups -OCH3 is 2. The van der Waals surface area contributed by atoms with Crippen molar-refractivity contribution in [2.45, 2.75) is 96.4 Å². The molecule has 0 spiro atoms. The zero-order chi connectivity index (χ0) is 35.6. The number of carbonyl (C=O) groups excluding carboxylic acids is 2. The predicted molar refractivity (Wildman–Crippen MR) is 192 cm³/mol. The van der Waals surface area contributed by atoms with Crippen molar-refractivity contribution in [2.24, 2.45) is 23.7 Å². The molecule has 0 radical (unpaired) electrons. The number of unbranched alkanes of at least 4 members (excludes halogenated alkanes) is 4. The molecule has 4 aliphatic rings. The summed E-state index contributed by atoms with van der Waals surface area (Å²) in [4.78, 5) is 40.6. The highest BCUT2D eigenvalue weighted by atomic mass is 16.5. The van der Waals surface area contributed by atoms with E-state index in [1.807, 2.05) is 30.3 Å². The first kappa shape index (κ1) is 35.5. The van der Waals surface area contributed by atoms with Crippen LogP contribution in [0.1, 0.15) is 117 Å². The van der Waals surface area contributed by atoms with E-state index in [1.165, 1.54) is 25.7 Å². The number of ether oxygens (including phenoxy) is 2. The van der Waals surface area contributed by atoms with Crippen LogP contribution in [0.15, 0.2) is 42.5 Å². The molecule has 2 aromatic carbocycles. The topological polar surface area (TPSA) is 132 Å². The van der Waals surface area contributed by atoms with Crippen LogP contribution in [-0.2, 0) is 4.79 Å². The van der Waals surface area contributed by atoms with Gasteiger partial charge in [-0.15, -0.1) is 0 Å². The first-order valence-electron chi connectivity index (χ1n) is 18.4. The van der Waals surface area contributed by atoms with Crippen molar-refractivity contribution < 1.29 is 29.0 Å². The van der Waals surface area contributed by atoms with Crippen molar-refractivity contribution in [3.05, 3.63) is 59.3 Å². The van der Waals surface area contributed by atoms with Crippen LogP contribution in [0.25, 0.3) is 16.9 Å². The Labute approximate surface area is 295 Å². The molecule has 0 unspecified atom stereocenters. The predicted octanol–water partition coefficient (Wildman–Crippen LogP) is 7.39. The SMILES string of the molecule is CCCCCCCNC(=O)c1ccc(-n2nc(C(=O)NC3(C(=O)O)C4CC5CC(C4)CC3C5)cc2-c2c(OC)cccc2OC)c(C(C)C)c1. The third kappa shape index (κ3) is 6.61. The maximum absolute atomic E-state index is 14.3. The van der Waals surface area contributed by atoms with E-state index >= 15 is 0 Å². The highest BCUT2D eigenvalue weighted by Crippen LogP contribution is 2.58. The van der Waals surface area contributed by atoms with Crippen molar-refractivity contribution in [3.8, 4) is 28.4 Å². The fourth-order valence-corrected chi connectivity index (χ4v) is 9.13. The van der Waals surface area contributed by atoms with Gasteiger partial charge in [0.25, 0.3) is 11.8 Å². The fourth-order valence-electron chi connectivity index (χ4n) is 9.13. The van der Waals surface area contributed by atoms with E-state index in [0.29, 0.717) is 52.4 Å². The molecule has 3 aromatic rings. The van der Waals surface area contributed by atoms with Crippen molar-refractivity contribution in [1.29, 1.82) is 0 Å². The van der Waals surface area contributed by atoms with E-state index in [2.05, 4.69) is 31.4 Å². The lowest BCUT2D eigenvalue weighted by atomic mass is 9.48.